The van der Waals surface area contributed by atoms with Gasteiger partial charge in [0.1, 0.15) is 0 Å². The molecule has 0 unspecified atom stereocenters. The summed E-state index contributed by atoms with van der Waals surface area (Å²) in [7, 11) is 1.82. The van der Waals surface area contributed by atoms with E-state index in [1.807, 2.05) is 19.4 Å². The summed E-state index contributed by atoms with van der Waals surface area (Å²) in [6.45, 7) is 3.27. The van der Waals surface area contributed by atoms with Gasteiger partial charge in [0.15, 0.2) is 0 Å². The van der Waals surface area contributed by atoms with E-state index in [1.165, 1.54) is 12.0 Å². The quantitative estimate of drug-likeness (QED) is 0.927. The third-order valence-electron chi connectivity index (χ3n) is 5.33. The molecule has 2 fully saturated rings. The van der Waals surface area contributed by atoms with Crippen LogP contribution in [0.3, 0.4) is 0 Å². The van der Waals surface area contributed by atoms with Crippen LogP contribution in [0.25, 0.3) is 0 Å². The van der Waals surface area contributed by atoms with Crippen LogP contribution in [0.5, 0.6) is 0 Å². The first kappa shape index (κ1) is 15.3. The molecule has 126 valence electrons. The predicted octanol–water partition coefficient (Wildman–Crippen LogP) is 1.60. The lowest BCUT2D eigenvalue weighted by atomic mass is 9.65. The number of pyridine rings is 1. The molecule has 24 heavy (non-hydrogen) atoms. The first-order valence-corrected chi connectivity index (χ1v) is 8.53. The van der Waals surface area contributed by atoms with Crippen LogP contribution in [0.1, 0.15) is 35.2 Å². The molecule has 0 atom stereocenters. The standard InChI is InChI=1S/C18H23N5O/c1-22-12-15(10-20-22)17(24)21-16-8-18(9-16)4-7-23(13-18)11-14-2-5-19-6-3-14/h2-3,5-6,10,12,16H,4,7-9,11,13H2,1H3,(H,21,24). The van der Waals surface area contributed by atoms with E-state index in [0.717, 1.165) is 32.5 Å². The highest BCUT2D eigenvalue weighted by atomic mass is 16.1. The summed E-state index contributed by atoms with van der Waals surface area (Å²) in [5.74, 6) is -0.00501. The zero-order valence-corrected chi connectivity index (χ0v) is 14.0. The summed E-state index contributed by atoms with van der Waals surface area (Å²) in [4.78, 5) is 18.8. The van der Waals surface area contributed by atoms with Crippen LogP contribution in [-0.2, 0) is 13.6 Å². The molecular formula is C18H23N5O. The largest absolute Gasteiger partial charge is 0.349 e. The first-order chi connectivity index (χ1) is 11.6. The maximum absolute atomic E-state index is 12.2. The second-order valence-electron chi connectivity index (χ2n) is 7.30. The van der Waals surface area contributed by atoms with E-state index in [9.17, 15) is 4.79 Å². The number of aryl methyl sites for hydroxylation is 1. The van der Waals surface area contributed by atoms with Gasteiger partial charge < -0.3 is 5.32 Å². The molecule has 1 saturated heterocycles. The van der Waals surface area contributed by atoms with Crippen LogP contribution >= 0.6 is 0 Å². The summed E-state index contributed by atoms with van der Waals surface area (Å²) < 4.78 is 1.66. The van der Waals surface area contributed by atoms with E-state index in [4.69, 9.17) is 0 Å². The molecular weight excluding hydrogens is 302 g/mol. The minimum absolute atomic E-state index is 0.00501. The van der Waals surface area contributed by atoms with Gasteiger partial charge in [0.2, 0.25) is 0 Å². The first-order valence-electron chi connectivity index (χ1n) is 8.53. The summed E-state index contributed by atoms with van der Waals surface area (Å²) in [6, 6.07) is 4.48. The van der Waals surface area contributed by atoms with E-state index in [2.05, 4.69) is 32.4 Å². The second kappa shape index (κ2) is 6.02. The topological polar surface area (TPSA) is 63.1 Å². The van der Waals surface area contributed by atoms with Gasteiger partial charge in [-0.3, -0.25) is 19.4 Å². The summed E-state index contributed by atoms with van der Waals surface area (Å²) in [6.07, 6.45) is 10.5. The number of carbonyl (C=O) groups is 1. The predicted molar refractivity (Wildman–Crippen MR) is 90.3 cm³/mol. The summed E-state index contributed by atoms with van der Waals surface area (Å²) >= 11 is 0. The van der Waals surface area contributed by atoms with Crippen LogP contribution in [0.4, 0.5) is 0 Å². The Balaban J connectivity index is 1.27. The fourth-order valence-electron chi connectivity index (χ4n) is 4.14. The molecule has 0 aromatic carbocycles. The lowest BCUT2D eigenvalue weighted by molar-refractivity contribution is 0.0694. The number of nitrogens with zero attached hydrogens (tertiary/aromatic N) is 4. The number of carbonyl (C=O) groups excluding carboxylic acids is 1. The Kier molecular flexibility index (Phi) is 3.84. The molecule has 1 saturated carbocycles. The fraction of sp³-hybridized carbons (Fsp3) is 0.500. The van der Waals surface area contributed by atoms with Crippen molar-refractivity contribution in [2.24, 2.45) is 12.5 Å². The van der Waals surface area contributed by atoms with E-state index in [0.29, 0.717) is 17.0 Å². The maximum atomic E-state index is 12.2. The number of hydrogen-bond acceptors (Lipinski definition) is 4. The highest BCUT2D eigenvalue weighted by molar-refractivity contribution is 5.93. The van der Waals surface area contributed by atoms with Gasteiger partial charge in [-0.25, -0.2) is 0 Å². The van der Waals surface area contributed by atoms with Gasteiger partial charge in [0.05, 0.1) is 11.8 Å². The molecule has 1 N–H and O–H groups in total. The van der Waals surface area contributed by atoms with Crippen molar-refractivity contribution in [1.82, 2.24) is 25.0 Å². The SMILES string of the molecule is Cn1cc(C(=O)NC2CC3(CCN(Cc4ccncc4)C3)C2)cn1. The van der Waals surface area contributed by atoms with Crippen LogP contribution in [-0.4, -0.2) is 44.7 Å². The number of rotatable bonds is 4. The number of aromatic nitrogens is 3. The summed E-state index contributed by atoms with van der Waals surface area (Å²) in [5, 5.41) is 7.20. The molecule has 6 heteroatoms. The van der Waals surface area contributed by atoms with Gasteiger partial charge in [0.25, 0.3) is 5.91 Å². The molecule has 0 bridgehead atoms. The minimum Gasteiger partial charge on any atom is -0.349 e. The van der Waals surface area contributed by atoms with Gasteiger partial charge in [0, 0.05) is 44.8 Å². The van der Waals surface area contributed by atoms with Crippen molar-refractivity contribution >= 4 is 5.91 Å². The van der Waals surface area contributed by atoms with Gasteiger partial charge >= 0.3 is 0 Å². The molecule has 2 aromatic rings. The van der Waals surface area contributed by atoms with Gasteiger partial charge in [-0.2, -0.15) is 5.10 Å². The second-order valence-corrected chi connectivity index (χ2v) is 7.30. The van der Waals surface area contributed by atoms with Crippen LogP contribution < -0.4 is 5.32 Å². The van der Waals surface area contributed by atoms with E-state index in [-0.39, 0.29) is 5.91 Å². The Labute approximate surface area is 141 Å². The van der Waals surface area contributed by atoms with Crippen molar-refractivity contribution < 1.29 is 4.79 Å². The van der Waals surface area contributed by atoms with Gasteiger partial charge in [-0.15, -0.1) is 0 Å². The Hall–Kier alpha value is -2.21. The van der Waals surface area contributed by atoms with Crippen molar-refractivity contribution in [1.29, 1.82) is 0 Å². The van der Waals surface area contributed by atoms with Crippen LogP contribution in [0, 0.1) is 5.41 Å². The average molecular weight is 325 g/mol. The average Bonchev–Trinajstić information content (AvgIpc) is 3.15. The molecule has 1 amide bonds. The lowest BCUT2D eigenvalue weighted by Gasteiger charge is -2.45. The Morgan fingerprint density at radius 1 is 1.38 bits per heavy atom. The molecule has 2 aliphatic rings. The lowest BCUT2D eigenvalue weighted by Crippen LogP contribution is -2.51. The Morgan fingerprint density at radius 3 is 2.88 bits per heavy atom. The Bertz CT molecular complexity index is 720. The van der Waals surface area contributed by atoms with Crippen molar-refractivity contribution in [2.75, 3.05) is 13.1 Å². The van der Waals surface area contributed by atoms with Crippen molar-refractivity contribution in [3.05, 3.63) is 48.0 Å². The highest BCUT2D eigenvalue weighted by Gasteiger charge is 2.48. The monoisotopic (exact) mass is 325 g/mol. The smallest absolute Gasteiger partial charge is 0.254 e. The molecule has 0 radical (unpaired) electrons. The van der Waals surface area contributed by atoms with Gasteiger partial charge in [-0.05, 0) is 48.9 Å². The van der Waals surface area contributed by atoms with Crippen molar-refractivity contribution in [2.45, 2.75) is 31.8 Å². The zero-order valence-electron chi connectivity index (χ0n) is 14.0. The number of amides is 1. The third kappa shape index (κ3) is 3.06. The van der Waals surface area contributed by atoms with Crippen LogP contribution in [0.15, 0.2) is 36.9 Å². The van der Waals surface area contributed by atoms with Gasteiger partial charge in [-0.1, -0.05) is 0 Å². The van der Waals surface area contributed by atoms with Crippen molar-refractivity contribution in [3.8, 4) is 0 Å². The number of likely N-dealkylation sites (tertiary alicyclic amines) is 1. The Morgan fingerprint density at radius 2 is 2.17 bits per heavy atom. The molecule has 2 aromatic heterocycles. The zero-order chi connectivity index (χ0) is 16.6. The number of hydrogen-bond donors (Lipinski definition) is 1. The number of nitrogens with one attached hydrogen (secondary N) is 1. The fourth-order valence-corrected chi connectivity index (χ4v) is 4.14. The summed E-state index contributed by atoms with van der Waals surface area (Å²) in [5.41, 5.74) is 2.37. The van der Waals surface area contributed by atoms with Crippen LogP contribution in [0.2, 0.25) is 0 Å². The van der Waals surface area contributed by atoms with E-state index in [1.54, 1.807) is 17.1 Å². The molecule has 1 spiro atoms. The van der Waals surface area contributed by atoms with E-state index < -0.39 is 0 Å². The maximum Gasteiger partial charge on any atom is 0.254 e. The minimum atomic E-state index is -0.00501. The molecule has 4 rings (SSSR count). The molecule has 6 nitrogen and oxygen atoms in total. The van der Waals surface area contributed by atoms with Crippen molar-refractivity contribution in [3.63, 3.8) is 0 Å². The normalized spacial score (nSPS) is 26.5. The third-order valence-corrected chi connectivity index (χ3v) is 5.33. The molecule has 1 aliphatic heterocycles. The van der Waals surface area contributed by atoms with E-state index >= 15 is 0 Å². The highest BCUT2D eigenvalue weighted by Crippen LogP contribution is 2.48. The molecule has 3 heterocycles. The molecule has 1 aliphatic carbocycles.